The van der Waals surface area contributed by atoms with Crippen molar-refractivity contribution in [1.29, 1.82) is 0 Å². The monoisotopic (exact) mass is 285 g/mol. The normalized spacial score (nSPS) is 16.4. The Balaban J connectivity index is 1.92. The standard InChI is InChI=1S/C15H15N3OS/c1-15(2)11-7-9(4-6-12(11)18-13(15)19)3-5-10-8-20-14(16)17-10/h3-8H,1-2H3,(H2,16,17)(H,18,19)/b5-3+. The largest absolute Gasteiger partial charge is 0.375 e. The van der Waals surface area contributed by atoms with Crippen LogP contribution in [0.25, 0.3) is 12.2 Å². The van der Waals surface area contributed by atoms with Crippen molar-refractivity contribution in [2.75, 3.05) is 11.1 Å². The summed E-state index contributed by atoms with van der Waals surface area (Å²) in [4.78, 5) is 16.1. The van der Waals surface area contributed by atoms with Crippen molar-refractivity contribution < 1.29 is 4.79 Å². The number of nitrogen functional groups attached to an aromatic ring is 1. The van der Waals surface area contributed by atoms with Crippen LogP contribution in [-0.4, -0.2) is 10.9 Å². The zero-order valence-electron chi connectivity index (χ0n) is 11.3. The third-order valence-electron chi connectivity index (χ3n) is 3.52. The Kier molecular flexibility index (Phi) is 2.87. The van der Waals surface area contributed by atoms with Crippen LogP contribution in [0, 0.1) is 0 Å². The number of fused-ring (bicyclic) bond motifs is 1. The molecule has 0 radical (unpaired) electrons. The molecule has 2 heterocycles. The zero-order chi connectivity index (χ0) is 14.3. The van der Waals surface area contributed by atoms with Crippen LogP contribution < -0.4 is 11.1 Å². The SMILES string of the molecule is CC1(C)C(=O)Nc2ccc(/C=C/c3csc(N)n3)cc21. The predicted octanol–water partition coefficient (Wildman–Crippen LogP) is 3.13. The molecule has 5 heteroatoms. The van der Waals surface area contributed by atoms with Gasteiger partial charge < -0.3 is 11.1 Å². The van der Waals surface area contributed by atoms with Gasteiger partial charge in [0.25, 0.3) is 0 Å². The first-order chi connectivity index (χ1) is 9.46. The second-order valence-electron chi connectivity index (χ2n) is 5.33. The van der Waals surface area contributed by atoms with Crippen molar-refractivity contribution in [3.8, 4) is 0 Å². The molecule has 0 saturated carbocycles. The van der Waals surface area contributed by atoms with Crippen LogP contribution in [0.15, 0.2) is 23.6 Å². The number of carbonyl (C=O) groups excluding carboxylic acids is 1. The van der Waals surface area contributed by atoms with E-state index in [-0.39, 0.29) is 5.91 Å². The highest BCUT2D eigenvalue weighted by Crippen LogP contribution is 2.37. The van der Waals surface area contributed by atoms with Gasteiger partial charge in [-0.05, 0) is 43.2 Å². The van der Waals surface area contributed by atoms with E-state index >= 15 is 0 Å². The molecule has 1 aromatic heterocycles. The van der Waals surface area contributed by atoms with Crippen molar-refractivity contribution in [2.45, 2.75) is 19.3 Å². The fourth-order valence-electron chi connectivity index (χ4n) is 2.25. The van der Waals surface area contributed by atoms with E-state index in [1.807, 2.05) is 49.6 Å². The van der Waals surface area contributed by atoms with Crippen molar-refractivity contribution in [3.63, 3.8) is 0 Å². The molecule has 0 spiro atoms. The quantitative estimate of drug-likeness (QED) is 0.890. The van der Waals surface area contributed by atoms with Crippen LogP contribution in [0.5, 0.6) is 0 Å². The smallest absolute Gasteiger partial charge is 0.234 e. The molecule has 1 aliphatic rings. The van der Waals surface area contributed by atoms with E-state index < -0.39 is 5.41 Å². The highest BCUT2D eigenvalue weighted by Gasteiger charge is 2.38. The first-order valence-electron chi connectivity index (χ1n) is 6.32. The molecule has 1 aromatic carbocycles. The molecule has 0 saturated heterocycles. The second-order valence-corrected chi connectivity index (χ2v) is 6.22. The van der Waals surface area contributed by atoms with Gasteiger partial charge in [-0.3, -0.25) is 4.79 Å². The van der Waals surface area contributed by atoms with Gasteiger partial charge in [0.15, 0.2) is 5.13 Å². The minimum atomic E-state index is -0.482. The molecular weight excluding hydrogens is 270 g/mol. The van der Waals surface area contributed by atoms with E-state index in [1.54, 1.807) is 0 Å². The number of benzene rings is 1. The van der Waals surface area contributed by atoms with Crippen molar-refractivity contribution >= 4 is 40.2 Å². The summed E-state index contributed by atoms with van der Waals surface area (Å²) in [5.41, 5.74) is 8.94. The van der Waals surface area contributed by atoms with Crippen molar-refractivity contribution in [3.05, 3.63) is 40.4 Å². The lowest BCUT2D eigenvalue weighted by Gasteiger charge is -2.15. The number of nitrogens with zero attached hydrogens (tertiary/aromatic N) is 1. The van der Waals surface area contributed by atoms with E-state index in [0.717, 1.165) is 22.5 Å². The maximum atomic E-state index is 11.9. The molecule has 0 aliphatic carbocycles. The molecule has 1 amide bonds. The van der Waals surface area contributed by atoms with Crippen LogP contribution in [0.2, 0.25) is 0 Å². The van der Waals surface area contributed by atoms with Gasteiger partial charge in [-0.25, -0.2) is 4.98 Å². The number of carbonyl (C=O) groups is 1. The van der Waals surface area contributed by atoms with Crippen molar-refractivity contribution in [2.24, 2.45) is 0 Å². The molecule has 20 heavy (non-hydrogen) atoms. The highest BCUT2D eigenvalue weighted by atomic mass is 32.1. The Morgan fingerprint density at radius 1 is 1.35 bits per heavy atom. The molecule has 102 valence electrons. The van der Waals surface area contributed by atoms with Crippen molar-refractivity contribution in [1.82, 2.24) is 4.98 Å². The number of amides is 1. The highest BCUT2D eigenvalue weighted by molar-refractivity contribution is 7.13. The zero-order valence-corrected chi connectivity index (χ0v) is 12.1. The van der Waals surface area contributed by atoms with Gasteiger partial charge >= 0.3 is 0 Å². The molecule has 0 bridgehead atoms. The van der Waals surface area contributed by atoms with Gasteiger partial charge in [-0.15, -0.1) is 11.3 Å². The lowest BCUT2D eigenvalue weighted by atomic mass is 9.85. The lowest BCUT2D eigenvalue weighted by Crippen LogP contribution is -2.26. The van der Waals surface area contributed by atoms with Gasteiger partial charge in [0, 0.05) is 11.1 Å². The number of hydrogen-bond acceptors (Lipinski definition) is 4. The van der Waals surface area contributed by atoms with Crippen LogP contribution >= 0.6 is 11.3 Å². The van der Waals surface area contributed by atoms with E-state index in [2.05, 4.69) is 10.3 Å². The summed E-state index contributed by atoms with van der Waals surface area (Å²) in [7, 11) is 0. The summed E-state index contributed by atoms with van der Waals surface area (Å²) in [6.07, 6.45) is 3.90. The van der Waals surface area contributed by atoms with Gasteiger partial charge in [-0.1, -0.05) is 12.1 Å². The Morgan fingerprint density at radius 2 is 2.15 bits per heavy atom. The Morgan fingerprint density at radius 3 is 2.85 bits per heavy atom. The van der Waals surface area contributed by atoms with E-state index in [1.165, 1.54) is 11.3 Å². The fourth-order valence-corrected chi connectivity index (χ4v) is 2.78. The number of nitrogens with two attached hydrogens (primary N) is 1. The average Bonchev–Trinajstić information content (AvgIpc) is 2.91. The van der Waals surface area contributed by atoms with Gasteiger partial charge in [0.05, 0.1) is 11.1 Å². The third kappa shape index (κ3) is 2.10. The maximum absolute atomic E-state index is 11.9. The second kappa shape index (κ2) is 4.45. The summed E-state index contributed by atoms with van der Waals surface area (Å²) in [5, 5.41) is 5.38. The van der Waals surface area contributed by atoms with E-state index in [4.69, 9.17) is 5.73 Å². The van der Waals surface area contributed by atoms with Crippen LogP contribution in [0.3, 0.4) is 0 Å². The molecule has 3 rings (SSSR count). The molecule has 0 fully saturated rings. The molecule has 0 atom stereocenters. The topological polar surface area (TPSA) is 68.0 Å². The van der Waals surface area contributed by atoms with Gasteiger partial charge in [0.1, 0.15) is 0 Å². The summed E-state index contributed by atoms with van der Waals surface area (Å²) in [5.74, 6) is 0.0425. The number of thiazole rings is 1. The first-order valence-corrected chi connectivity index (χ1v) is 7.20. The molecular formula is C15H15N3OS. The van der Waals surface area contributed by atoms with Crippen LogP contribution in [0.4, 0.5) is 10.8 Å². The summed E-state index contributed by atoms with van der Waals surface area (Å²) in [6.45, 7) is 3.87. The number of nitrogens with one attached hydrogen (secondary N) is 1. The lowest BCUT2D eigenvalue weighted by molar-refractivity contribution is -0.119. The Labute approximate surface area is 121 Å². The number of rotatable bonds is 2. The Hall–Kier alpha value is -2.14. The van der Waals surface area contributed by atoms with Crippen LogP contribution in [-0.2, 0) is 10.2 Å². The summed E-state index contributed by atoms with van der Waals surface area (Å²) >= 11 is 1.42. The summed E-state index contributed by atoms with van der Waals surface area (Å²) < 4.78 is 0. The van der Waals surface area contributed by atoms with E-state index in [0.29, 0.717) is 5.13 Å². The van der Waals surface area contributed by atoms with Gasteiger partial charge in [0.2, 0.25) is 5.91 Å². The molecule has 3 N–H and O–H groups in total. The molecule has 0 unspecified atom stereocenters. The number of aromatic nitrogens is 1. The van der Waals surface area contributed by atoms with Gasteiger partial charge in [-0.2, -0.15) is 0 Å². The maximum Gasteiger partial charge on any atom is 0.234 e. The number of anilines is 2. The predicted molar refractivity (Wildman–Crippen MR) is 83.6 cm³/mol. The van der Waals surface area contributed by atoms with E-state index in [9.17, 15) is 4.79 Å². The molecule has 1 aliphatic heterocycles. The average molecular weight is 285 g/mol. The molecule has 4 nitrogen and oxygen atoms in total. The Bertz CT molecular complexity index is 716. The minimum Gasteiger partial charge on any atom is -0.375 e. The third-order valence-corrected chi connectivity index (χ3v) is 4.21. The first kappa shape index (κ1) is 12.9. The van der Waals surface area contributed by atoms with Crippen LogP contribution in [0.1, 0.15) is 30.7 Å². The fraction of sp³-hybridized carbons (Fsp3) is 0.200. The summed E-state index contributed by atoms with van der Waals surface area (Å²) in [6, 6.07) is 5.96. The number of hydrogen-bond donors (Lipinski definition) is 2. The minimum absolute atomic E-state index is 0.0425. The molecule has 2 aromatic rings.